The predicted octanol–water partition coefficient (Wildman–Crippen LogP) is 21.6. The first kappa shape index (κ1) is 87.3. The number of aryl methyl sites for hydroxylation is 3. The molecule has 26 heteroatoms. The molecule has 20 rings (SSSR count). The highest BCUT2D eigenvalue weighted by Crippen LogP contribution is 2.38. The van der Waals surface area contributed by atoms with Gasteiger partial charge in [0.1, 0.15) is 34.3 Å². The van der Waals surface area contributed by atoms with Crippen LogP contribution in [0.1, 0.15) is 114 Å². The highest BCUT2D eigenvalue weighted by molar-refractivity contribution is 7.09. The van der Waals surface area contributed by atoms with Crippen LogP contribution in [-0.2, 0) is 51.4 Å². The van der Waals surface area contributed by atoms with Crippen molar-refractivity contribution in [3.8, 4) is 85.8 Å². The Hall–Kier alpha value is -16.2. The molecule has 20 aromatic rings. The second kappa shape index (κ2) is 38.3. The Labute approximate surface area is 748 Å². The molecular weight excluding hydrogens is 1670 g/mol. The maximum absolute atomic E-state index is 14.8. The average Bonchev–Trinajstić information content (AvgIpc) is 1.62. The minimum absolute atomic E-state index is 0. The van der Waals surface area contributed by atoms with Gasteiger partial charge in [-0.25, -0.2) is 57.4 Å². The van der Waals surface area contributed by atoms with Gasteiger partial charge in [0.15, 0.2) is 63.1 Å². The second-order valence-electron chi connectivity index (χ2n) is 31.1. The standard InChI is InChI=1S/C27H23FN4O.C27H22FN3O2.C25H20FN3O3.C24H18FN3O2S.CH4/c1-17-10-12-19(13-11-17)15-23-27(33)32-16-24(20-8-5-9-21(29)25(20)28)30-22(26(32)31-23)14-18-6-3-2-4-7-18;1-17-10-12-19(13-11-17)15-22-27(33)31-16-23(20-8-5-9-24(32)25(20)28)29-21(26(31)30-22)14-18-6-3-2-4-7-18;1-15-10-11-17(32-15)13-20-25(31)29-14-21(18-8-5-9-22(30)23(18)26)27-19(24(29)28-20)12-16-6-3-2-4-7-16;25-22-17(9-4-10-21(22)29)20-14-28-23(18(26-20)12-15-6-2-1-3-7-15)27-19(24(28)30)13-16-8-5-11-31-16;/h2-13,16,33H,14-15,29H2,1H3;2-13,16,32-33H,14-15H2,1H3;2-11,14,30-31H,12-13H2,1H3;1-11,14,29-30H,12-13H2;1H4. The van der Waals surface area contributed by atoms with E-state index >= 15 is 0 Å². The molecule has 0 bridgehead atoms. The number of nitrogens with zero attached hydrogens (tertiary/aromatic N) is 12. The van der Waals surface area contributed by atoms with Crippen LogP contribution >= 0.6 is 11.3 Å². The SMILES string of the molecule is C.Cc1ccc(Cc2nc3c(Cc4ccccc4)nc(-c4cccc(N)c4F)cn3c2O)cc1.Cc1ccc(Cc2nc3c(Cc4ccccc4)nc(-c4cccc(O)c4F)cn3c2O)cc1.Cc1ccc(Cc2nc3c(Cc4ccccc4)nc(-c4cccc(O)c4F)cn3c2O)o1.Oc1cccc(-c2cn3c(O)c(Cc4cccs4)nc3c(Cc3ccccc3)n2)c1F. The second-order valence-corrected chi connectivity index (χ2v) is 32.2. The molecule has 10 aromatic carbocycles. The summed E-state index contributed by atoms with van der Waals surface area (Å²) in [6.45, 7) is 5.91. The van der Waals surface area contributed by atoms with Crippen molar-refractivity contribution < 1.29 is 57.7 Å². The number of imidazole rings is 4. The molecule has 0 aliphatic heterocycles. The first-order chi connectivity index (χ1) is 62.6. The molecule has 0 saturated carbocycles. The van der Waals surface area contributed by atoms with Crippen LogP contribution in [0.3, 0.4) is 0 Å². The van der Waals surface area contributed by atoms with E-state index in [2.05, 4.69) is 19.9 Å². The number of aromatic hydroxyl groups is 7. The minimum atomic E-state index is -0.768. The van der Waals surface area contributed by atoms with Gasteiger partial charge in [0.05, 0.1) is 57.7 Å². The smallest absolute Gasteiger partial charge is 0.219 e. The number of hydrogen-bond acceptors (Lipinski definition) is 18. The number of thiophene rings is 1. The maximum Gasteiger partial charge on any atom is 0.219 e. The molecule has 650 valence electrons. The van der Waals surface area contributed by atoms with Crippen LogP contribution in [-0.4, -0.2) is 93.2 Å². The fourth-order valence-corrected chi connectivity index (χ4v) is 15.9. The Morgan fingerprint density at radius 2 is 0.585 bits per heavy atom. The molecular formula is C104H87F4N13O8S. The fraction of sp³-hybridized carbons (Fsp3) is 0.115. The van der Waals surface area contributed by atoms with Crippen LogP contribution in [0, 0.1) is 44.0 Å². The number of benzene rings is 10. The number of phenols is 3. The molecule has 0 spiro atoms. The van der Waals surface area contributed by atoms with E-state index in [4.69, 9.17) is 30.1 Å². The molecule has 0 unspecified atom stereocenters. The molecule has 0 saturated heterocycles. The van der Waals surface area contributed by atoms with Crippen molar-refractivity contribution in [3.05, 3.63) is 427 Å². The number of halogens is 4. The van der Waals surface area contributed by atoms with E-state index in [1.807, 2.05) is 220 Å². The summed E-state index contributed by atoms with van der Waals surface area (Å²) in [5.74, 6) is -2.76. The van der Waals surface area contributed by atoms with Crippen LogP contribution in [0.4, 0.5) is 23.2 Å². The Morgan fingerprint density at radius 3 is 0.892 bits per heavy atom. The number of furan rings is 1. The van der Waals surface area contributed by atoms with E-state index in [0.29, 0.717) is 142 Å². The molecule has 9 N–H and O–H groups in total. The number of anilines is 1. The molecule has 0 radical (unpaired) electrons. The van der Waals surface area contributed by atoms with Gasteiger partial charge < -0.3 is 45.9 Å². The summed E-state index contributed by atoms with van der Waals surface area (Å²) < 4.78 is 70.6. The van der Waals surface area contributed by atoms with Crippen molar-refractivity contribution in [1.82, 2.24) is 57.5 Å². The van der Waals surface area contributed by atoms with Crippen LogP contribution < -0.4 is 5.73 Å². The zero-order valence-electron chi connectivity index (χ0n) is 69.8. The lowest BCUT2D eigenvalue weighted by molar-refractivity contribution is 0.433. The lowest BCUT2D eigenvalue weighted by Gasteiger charge is -2.10. The first-order valence-corrected chi connectivity index (χ1v) is 42.2. The van der Waals surface area contributed by atoms with E-state index < -0.39 is 40.5 Å². The summed E-state index contributed by atoms with van der Waals surface area (Å²) >= 11 is 1.59. The topological polar surface area (TPSA) is 302 Å². The van der Waals surface area contributed by atoms with E-state index in [-0.39, 0.29) is 64.6 Å². The van der Waals surface area contributed by atoms with Crippen LogP contribution in [0.5, 0.6) is 40.8 Å². The summed E-state index contributed by atoms with van der Waals surface area (Å²) in [6, 6.07) is 81.0. The van der Waals surface area contributed by atoms with Gasteiger partial charge in [0, 0.05) is 96.9 Å². The molecule has 10 aromatic heterocycles. The van der Waals surface area contributed by atoms with Gasteiger partial charge in [-0.15, -0.1) is 11.3 Å². The normalized spacial score (nSPS) is 11.2. The Balaban J connectivity index is 0.000000127. The summed E-state index contributed by atoms with van der Waals surface area (Å²) in [6.07, 6.45) is 9.83. The third kappa shape index (κ3) is 19.1. The molecule has 21 nitrogen and oxygen atoms in total. The van der Waals surface area contributed by atoms with E-state index in [1.165, 1.54) is 46.5 Å². The van der Waals surface area contributed by atoms with Crippen molar-refractivity contribution in [1.29, 1.82) is 0 Å². The van der Waals surface area contributed by atoms with Crippen molar-refractivity contribution in [2.75, 3.05) is 5.73 Å². The summed E-state index contributed by atoms with van der Waals surface area (Å²) in [5.41, 5.74) is 22.8. The summed E-state index contributed by atoms with van der Waals surface area (Å²) in [4.78, 5) is 38.6. The monoisotopic (exact) mass is 1750 g/mol. The van der Waals surface area contributed by atoms with E-state index in [1.54, 1.807) is 85.6 Å². The molecule has 130 heavy (non-hydrogen) atoms. The van der Waals surface area contributed by atoms with Gasteiger partial charge in [-0.1, -0.05) is 219 Å². The number of aromatic nitrogens is 12. The van der Waals surface area contributed by atoms with Gasteiger partial charge in [-0.2, -0.15) is 0 Å². The Bertz CT molecular complexity index is 7220. The zero-order chi connectivity index (χ0) is 89.5. The van der Waals surface area contributed by atoms with Crippen molar-refractivity contribution in [2.24, 2.45) is 0 Å². The highest BCUT2D eigenvalue weighted by Gasteiger charge is 2.27. The summed E-state index contributed by atoms with van der Waals surface area (Å²) in [5, 5.41) is 75.4. The molecule has 0 atom stereocenters. The summed E-state index contributed by atoms with van der Waals surface area (Å²) in [7, 11) is 0. The van der Waals surface area contributed by atoms with Crippen molar-refractivity contribution >= 4 is 39.6 Å². The van der Waals surface area contributed by atoms with E-state index in [9.17, 15) is 53.3 Å². The molecule has 0 aliphatic rings. The van der Waals surface area contributed by atoms with Gasteiger partial charge >= 0.3 is 0 Å². The lowest BCUT2D eigenvalue weighted by Crippen LogP contribution is -2.02. The number of rotatable bonds is 20. The maximum atomic E-state index is 14.8. The first-order valence-electron chi connectivity index (χ1n) is 41.3. The zero-order valence-corrected chi connectivity index (χ0v) is 70.7. The van der Waals surface area contributed by atoms with Crippen LogP contribution in [0.25, 0.3) is 67.6 Å². The molecule has 0 aliphatic carbocycles. The number of phenolic OH excluding ortho intramolecular Hbond substituents is 3. The van der Waals surface area contributed by atoms with Gasteiger partial charge in [0.2, 0.25) is 23.5 Å². The molecule has 0 amide bonds. The van der Waals surface area contributed by atoms with E-state index in [0.717, 1.165) is 49.6 Å². The minimum Gasteiger partial charge on any atom is -0.505 e. The quantitative estimate of drug-likeness (QED) is 0.0260. The third-order valence-electron chi connectivity index (χ3n) is 21.8. The van der Waals surface area contributed by atoms with Crippen LogP contribution in [0.2, 0.25) is 0 Å². The molecule has 10 heterocycles. The van der Waals surface area contributed by atoms with Crippen molar-refractivity contribution in [2.45, 2.75) is 79.6 Å². The molecule has 0 fully saturated rings. The number of nitrogen functional groups attached to an aromatic ring is 1. The number of fused-ring (bicyclic) bond motifs is 4. The number of nitrogens with two attached hydrogens (primary N) is 1. The van der Waals surface area contributed by atoms with Crippen molar-refractivity contribution in [3.63, 3.8) is 0 Å². The van der Waals surface area contributed by atoms with Gasteiger partial charge in [0.25, 0.3) is 0 Å². The average molecular weight is 1750 g/mol. The number of hydrogen-bond donors (Lipinski definition) is 8. The van der Waals surface area contributed by atoms with Gasteiger partial charge in [-0.05, 0) is 126 Å². The Morgan fingerprint density at radius 1 is 0.292 bits per heavy atom. The highest BCUT2D eigenvalue weighted by atomic mass is 32.1. The van der Waals surface area contributed by atoms with Crippen LogP contribution in [0.15, 0.2) is 302 Å². The largest absolute Gasteiger partial charge is 0.505 e. The lowest BCUT2D eigenvalue weighted by atomic mass is 10.1. The Kier molecular flexibility index (Phi) is 25.7. The third-order valence-corrected chi connectivity index (χ3v) is 22.7. The van der Waals surface area contributed by atoms with Gasteiger partial charge in [-0.3, -0.25) is 17.6 Å². The fourth-order valence-electron chi connectivity index (χ4n) is 15.2. The predicted molar refractivity (Wildman–Crippen MR) is 495 cm³/mol.